The molecule has 0 bridgehead atoms. The van der Waals surface area contributed by atoms with Crippen molar-refractivity contribution in [3.63, 3.8) is 0 Å². The second-order valence-corrected chi connectivity index (χ2v) is 7.52. The molecular weight excluding hydrogens is 296 g/mol. The minimum Gasteiger partial charge on any atom is -0.356 e. The van der Waals surface area contributed by atoms with Crippen LogP contribution >= 0.6 is 0 Å². The SMILES string of the molecule is CCCCCCCCCCCCCCCC1=CC=CC(=O)C12CO2. The van der Waals surface area contributed by atoms with Crippen molar-refractivity contribution in [3.05, 3.63) is 23.8 Å². The van der Waals surface area contributed by atoms with Crippen LogP contribution in [0.25, 0.3) is 0 Å². The summed E-state index contributed by atoms with van der Waals surface area (Å²) in [5.74, 6) is 0.148. The molecule has 2 nitrogen and oxygen atoms in total. The van der Waals surface area contributed by atoms with Crippen molar-refractivity contribution in [2.75, 3.05) is 6.61 Å². The van der Waals surface area contributed by atoms with Crippen LogP contribution in [0.3, 0.4) is 0 Å². The van der Waals surface area contributed by atoms with Gasteiger partial charge in [0.05, 0.1) is 6.61 Å². The largest absolute Gasteiger partial charge is 0.356 e. The molecular formula is C22H36O2. The highest BCUT2D eigenvalue weighted by atomic mass is 16.6. The molecule has 0 aromatic heterocycles. The highest BCUT2D eigenvalue weighted by Crippen LogP contribution is 2.40. The van der Waals surface area contributed by atoms with E-state index in [0.717, 1.165) is 6.42 Å². The van der Waals surface area contributed by atoms with Crippen molar-refractivity contribution >= 4 is 5.78 Å². The fourth-order valence-electron chi connectivity index (χ4n) is 3.70. The van der Waals surface area contributed by atoms with Crippen molar-refractivity contribution in [1.82, 2.24) is 0 Å². The van der Waals surface area contributed by atoms with Gasteiger partial charge in [-0.1, -0.05) is 96.1 Å². The fraction of sp³-hybridized carbons (Fsp3) is 0.773. The molecule has 2 aliphatic rings. The summed E-state index contributed by atoms with van der Waals surface area (Å²) >= 11 is 0. The monoisotopic (exact) mass is 332 g/mol. The molecule has 1 saturated heterocycles. The lowest BCUT2D eigenvalue weighted by molar-refractivity contribution is -0.118. The third-order valence-corrected chi connectivity index (χ3v) is 5.44. The van der Waals surface area contributed by atoms with Gasteiger partial charge >= 0.3 is 0 Å². The summed E-state index contributed by atoms with van der Waals surface area (Å²) in [7, 11) is 0. The summed E-state index contributed by atoms with van der Waals surface area (Å²) in [6, 6.07) is 0. The van der Waals surface area contributed by atoms with Gasteiger partial charge in [0, 0.05) is 0 Å². The molecule has 2 heteroatoms. The van der Waals surface area contributed by atoms with E-state index in [2.05, 4.69) is 13.0 Å². The van der Waals surface area contributed by atoms with Crippen LogP contribution in [0.15, 0.2) is 23.8 Å². The van der Waals surface area contributed by atoms with Crippen LogP contribution in [0.4, 0.5) is 0 Å². The Morgan fingerprint density at radius 2 is 1.38 bits per heavy atom. The van der Waals surface area contributed by atoms with Gasteiger partial charge in [0.25, 0.3) is 0 Å². The maximum Gasteiger partial charge on any atom is 0.194 e. The van der Waals surface area contributed by atoms with Crippen LogP contribution in [0.1, 0.15) is 96.8 Å². The Bertz CT molecular complexity index is 429. The van der Waals surface area contributed by atoms with Crippen molar-refractivity contribution in [3.8, 4) is 0 Å². The zero-order valence-corrected chi connectivity index (χ0v) is 15.7. The highest BCUT2D eigenvalue weighted by Gasteiger charge is 2.54. The second kappa shape index (κ2) is 10.9. The van der Waals surface area contributed by atoms with E-state index in [1.807, 2.05) is 6.08 Å². The maximum atomic E-state index is 11.9. The zero-order chi connectivity index (χ0) is 17.1. The smallest absolute Gasteiger partial charge is 0.194 e. The molecule has 1 unspecified atom stereocenters. The van der Waals surface area contributed by atoms with Gasteiger partial charge in [-0.25, -0.2) is 0 Å². The molecule has 0 amide bonds. The molecule has 0 N–H and O–H groups in total. The first-order valence-electron chi connectivity index (χ1n) is 10.4. The number of hydrogen-bond donors (Lipinski definition) is 0. The summed E-state index contributed by atoms with van der Waals surface area (Å²) in [5.41, 5.74) is 0.685. The third kappa shape index (κ3) is 6.20. The van der Waals surface area contributed by atoms with E-state index in [1.54, 1.807) is 6.08 Å². The number of allylic oxidation sites excluding steroid dienone is 2. The van der Waals surface area contributed by atoms with Gasteiger partial charge in [0.2, 0.25) is 0 Å². The van der Waals surface area contributed by atoms with Gasteiger partial charge in [-0.2, -0.15) is 0 Å². The van der Waals surface area contributed by atoms with E-state index in [1.165, 1.54) is 89.0 Å². The highest BCUT2D eigenvalue weighted by molar-refractivity contribution is 6.03. The molecule has 1 aliphatic carbocycles. The normalized spacial score (nSPS) is 22.2. The predicted octanol–water partition coefficient (Wildman–Crippen LogP) is 6.30. The average molecular weight is 333 g/mol. The zero-order valence-electron chi connectivity index (χ0n) is 15.7. The van der Waals surface area contributed by atoms with Gasteiger partial charge in [-0.15, -0.1) is 0 Å². The van der Waals surface area contributed by atoms with Crippen LogP contribution in [0.2, 0.25) is 0 Å². The summed E-state index contributed by atoms with van der Waals surface area (Å²) in [5, 5.41) is 0. The Hall–Kier alpha value is -0.890. The van der Waals surface area contributed by atoms with Gasteiger partial charge in [0.15, 0.2) is 11.4 Å². The van der Waals surface area contributed by atoms with Crippen molar-refractivity contribution in [2.24, 2.45) is 0 Å². The van der Waals surface area contributed by atoms with Crippen LogP contribution in [0.5, 0.6) is 0 Å². The van der Waals surface area contributed by atoms with E-state index in [9.17, 15) is 4.79 Å². The molecule has 1 heterocycles. The molecule has 2 rings (SSSR count). The third-order valence-electron chi connectivity index (χ3n) is 5.44. The van der Waals surface area contributed by atoms with Gasteiger partial charge in [0.1, 0.15) is 0 Å². The fourth-order valence-corrected chi connectivity index (χ4v) is 3.70. The van der Waals surface area contributed by atoms with E-state index in [-0.39, 0.29) is 5.78 Å². The number of carbonyl (C=O) groups is 1. The molecule has 1 aliphatic heterocycles. The summed E-state index contributed by atoms with van der Waals surface area (Å²) in [6.07, 6.45) is 24.5. The molecule has 0 aromatic carbocycles. The van der Waals surface area contributed by atoms with E-state index < -0.39 is 5.60 Å². The minimum absolute atomic E-state index is 0.148. The number of rotatable bonds is 14. The average Bonchev–Trinajstić information content (AvgIpc) is 3.37. The van der Waals surface area contributed by atoms with E-state index >= 15 is 0 Å². The first-order chi connectivity index (χ1) is 11.8. The van der Waals surface area contributed by atoms with Gasteiger partial charge in [-0.3, -0.25) is 4.79 Å². The van der Waals surface area contributed by atoms with Crippen molar-refractivity contribution in [1.29, 1.82) is 0 Å². The number of epoxide rings is 1. The lowest BCUT2D eigenvalue weighted by Crippen LogP contribution is -2.27. The molecule has 24 heavy (non-hydrogen) atoms. The topological polar surface area (TPSA) is 29.6 Å². The van der Waals surface area contributed by atoms with E-state index in [0.29, 0.717) is 6.61 Å². The molecule has 136 valence electrons. The maximum absolute atomic E-state index is 11.9. The van der Waals surface area contributed by atoms with Crippen LogP contribution < -0.4 is 0 Å². The molecule has 0 saturated carbocycles. The first-order valence-corrected chi connectivity index (χ1v) is 10.4. The summed E-state index contributed by atoms with van der Waals surface area (Å²) in [4.78, 5) is 11.9. The Morgan fingerprint density at radius 3 is 1.88 bits per heavy atom. The Morgan fingerprint density at radius 1 is 0.875 bits per heavy atom. The van der Waals surface area contributed by atoms with Crippen molar-refractivity contribution in [2.45, 2.75) is 102 Å². The van der Waals surface area contributed by atoms with Crippen LogP contribution in [0, 0.1) is 0 Å². The number of hydrogen-bond acceptors (Lipinski definition) is 2. The first kappa shape index (κ1) is 19.4. The molecule has 0 radical (unpaired) electrons. The quantitative estimate of drug-likeness (QED) is 0.276. The Kier molecular flexibility index (Phi) is 8.80. The van der Waals surface area contributed by atoms with Crippen LogP contribution in [-0.2, 0) is 9.53 Å². The Labute approximate surface area is 148 Å². The lowest BCUT2D eigenvalue weighted by Gasteiger charge is -2.16. The minimum atomic E-state index is -0.522. The molecule has 1 atom stereocenters. The van der Waals surface area contributed by atoms with Gasteiger partial charge in [-0.05, 0) is 24.5 Å². The standard InChI is InChI=1S/C22H36O2/c1-2-3-4-5-6-7-8-9-10-11-12-13-14-16-20-17-15-18-21(23)22(20)19-24-22/h15,17-18H,2-14,16,19H2,1H3. The number of carbonyl (C=O) groups excluding carboxylic acids is 1. The van der Waals surface area contributed by atoms with Crippen molar-refractivity contribution < 1.29 is 9.53 Å². The summed E-state index contributed by atoms with van der Waals surface area (Å²) < 4.78 is 5.46. The Balaban J connectivity index is 1.38. The number of unbranched alkanes of at least 4 members (excludes halogenated alkanes) is 12. The lowest BCUT2D eigenvalue weighted by atomic mass is 9.87. The molecule has 1 spiro atoms. The number of ketones is 1. The van der Waals surface area contributed by atoms with Gasteiger partial charge < -0.3 is 4.74 Å². The second-order valence-electron chi connectivity index (χ2n) is 7.52. The predicted molar refractivity (Wildman–Crippen MR) is 101 cm³/mol. The molecule has 0 aromatic rings. The molecule has 1 fully saturated rings. The number of ether oxygens (including phenoxy) is 1. The van der Waals surface area contributed by atoms with Crippen LogP contribution in [-0.4, -0.2) is 18.0 Å². The van der Waals surface area contributed by atoms with E-state index in [4.69, 9.17) is 4.74 Å². The summed E-state index contributed by atoms with van der Waals surface area (Å²) in [6.45, 7) is 2.88.